The fourth-order valence-corrected chi connectivity index (χ4v) is 4.71. The summed E-state index contributed by atoms with van der Waals surface area (Å²) in [6.45, 7) is 2.62. The molecule has 2 aliphatic carbocycles. The lowest BCUT2D eigenvalue weighted by Gasteiger charge is -2.35. The molecule has 2 aromatic rings. The highest BCUT2D eigenvalue weighted by Crippen LogP contribution is 2.39. The van der Waals surface area contributed by atoms with Crippen molar-refractivity contribution in [2.75, 3.05) is 29.9 Å². The van der Waals surface area contributed by atoms with Gasteiger partial charge in [-0.25, -0.2) is 14.8 Å². The quantitative estimate of drug-likeness (QED) is 0.698. The van der Waals surface area contributed by atoms with Gasteiger partial charge in [0.05, 0.1) is 11.3 Å². The maximum atomic E-state index is 11.8. The number of hydrogen-bond donors (Lipinski definition) is 3. The van der Waals surface area contributed by atoms with Crippen LogP contribution in [-0.4, -0.2) is 52.3 Å². The van der Waals surface area contributed by atoms with Gasteiger partial charge in [-0.2, -0.15) is 0 Å². The van der Waals surface area contributed by atoms with Crippen LogP contribution in [0.1, 0.15) is 55.3 Å². The minimum atomic E-state index is -0.925. The van der Waals surface area contributed by atoms with Crippen LogP contribution in [0, 0.1) is 0 Å². The molecule has 3 fully saturated rings. The number of hydrogen-bond acceptors (Lipinski definition) is 6. The molecule has 3 heterocycles. The monoisotopic (exact) mass is 407 g/mol. The molecular formula is C23H29N5O2. The first-order valence-corrected chi connectivity index (χ1v) is 11.1. The minimum absolute atomic E-state index is 0.201. The van der Waals surface area contributed by atoms with E-state index in [-0.39, 0.29) is 11.1 Å². The summed E-state index contributed by atoms with van der Waals surface area (Å²) in [5.41, 5.74) is 2.05. The van der Waals surface area contributed by atoms with Crippen LogP contribution in [0.4, 0.5) is 11.6 Å². The third kappa shape index (κ3) is 4.12. The predicted molar refractivity (Wildman–Crippen MR) is 117 cm³/mol. The van der Waals surface area contributed by atoms with E-state index in [0.717, 1.165) is 36.8 Å². The van der Waals surface area contributed by atoms with E-state index in [2.05, 4.69) is 20.5 Å². The molecule has 1 spiro atoms. The predicted octanol–water partition coefficient (Wildman–Crippen LogP) is 3.53. The second-order valence-corrected chi connectivity index (χ2v) is 8.94. The standard InChI is InChI=1S/C23H29N5O2/c29-22(30)17-12-19(27-21(14-17)28-11-10-25-23(15-28)7-8-23)16-6-9-24-20(13-16)26-18-4-2-1-3-5-18/h6,9,12-14,18,25H,1-5,7-8,10-11,15H2,(H,24,26)(H,29,30). The lowest BCUT2D eigenvalue weighted by atomic mass is 9.95. The van der Waals surface area contributed by atoms with Crippen molar-refractivity contribution < 1.29 is 9.90 Å². The zero-order chi connectivity index (χ0) is 20.6. The fourth-order valence-electron chi connectivity index (χ4n) is 4.71. The average Bonchev–Trinajstić information content (AvgIpc) is 3.52. The van der Waals surface area contributed by atoms with Crippen LogP contribution in [0.15, 0.2) is 30.5 Å². The second-order valence-electron chi connectivity index (χ2n) is 8.94. The molecule has 5 rings (SSSR count). The highest BCUT2D eigenvalue weighted by molar-refractivity contribution is 5.90. The van der Waals surface area contributed by atoms with Crippen molar-refractivity contribution in [1.29, 1.82) is 0 Å². The maximum absolute atomic E-state index is 11.8. The number of aromatic carboxylic acids is 1. The molecule has 1 saturated heterocycles. The van der Waals surface area contributed by atoms with Gasteiger partial charge in [0.2, 0.25) is 0 Å². The highest BCUT2D eigenvalue weighted by atomic mass is 16.4. The van der Waals surface area contributed by atoms with Gasteiger partial charge in [-0.05, 0) is 49.9 Å². The van der Waals surface area contributed by atoms with E-state index in [1.807, 2.05) is 12.1 Å². The van der Waals surface area contributed by atoms with Crippen LogP contribution in [0.2, 0.25) is 0 Å². The van der Waals surface area contributed by atoms with E-state index < -0.39 is 5.97 Å². The van der Waals surface area contributed by atoms with E-state index >= 15 is 0 Å². The van der Waals surface area contributed by atoms with Gasteiger partial charge in [-0.15, -0.1) is 0 Å². The van der Waals surface area contributed by atoms with Crippen LogP contribution < -0.4 is 15.5 Å². The van der Waals surface area contributed by atoms with Crippen molar-refractivity contribution in [3.8, 4) is 11.3 Å². The van der Waals surface area contributed by atoms with Gasteiger partial charge in [-0.1, -0.05) is 19.3 Å². The number of pyridine rings is 2. The number of nitrogens with one attached hydrogen (secondary N) is 2. The van der Waals surface area contributed by atoms with E-state index in [4.69, 9.17) is 4.98 Å². The summed E-state index contributed by atoms with van der Waals surface area (Å²) >= 11 is 0. The van der Waals surface area contributed by atoms with Crippen molar-refractivity contribution in [2.45, 2.75) is 56.5 Å². The van der Waals surface area contributed by atoms with Crippen LogP contribution in [-0.2, 0) is 0 Å². The number of carboxylic acids is 1. The van der Waals surface area contributed by atoms with E-state index in [1.54, 1.807) is 18.3 Å². The Morgan fingerprint density at radius 1 is 1.20 bits per heavy atom. The Balaban J connectivity index is 1.44. The van der Waals surface area contributed by atoms with Gasteiger partial charge in [0.1, 0.15) is 11.6 Å². The van der Waals surface area contributed by atoms with E-state index in [9.17, 15) is 9.90 Å². The van der Waals surface area contributed by atoms with Crippen molar-refractivity contribution in [1.82, 2.24) is 15.3 Å². The molecule has 7 heteroatoms. The molecule has 3 aliphatic rings. The van der Waals surface area contributed by atoms with E-state index in [0.29, 0.717) is 11.7 Å². The van der Waals surface area contributed by atoms with Crippen LogP contribution in [0.3, 0.4) is 0 Å². The largest absolute Gasteiger partial charge is 0.478 e. The van der Waals surface area contributed by atoms with Gasteiger partial charge in [0, 0.05) is 43.0 Å². The molecule has 3 N–H and O–H groups in total. The van der Waals surface area contributed by atoms with Gasteiger partial charge < -0.3 is 20.6 Å². The number of nitrogens with zero attached hydrogens (tertiary/aromatic N) is 3. The summed E-state index contributed by atoms with van der Waals surface area (Å²) in [6, 6.07) is 7.73. The highest BCUT2D eigenvalue weighted by Gasteiger charge is 2.45. The average molecular weight is 408 g/mol. The summed E-state index contributed by atoms with van der Waals surface area (Å²) in [7, 11) is 0. The minimum Gasteiger partial charge on any atom is -0.478 e. The number of piperazine rings is 1. The zero-order valence-electron chi connectivity index (χ0n) is 17.2. The first kappa shape index (κ1) is 19.3. The Bertz CT molecular complexity index is 937. The number of carboxylic acid groups (broad SMARTS) is 1. The van der Waals surface area contributed by atoms with Crippen LogP contribution in [0.25, 0.3) is 11.3 Å². The third-order valence-electron chi connectivity index (χ3n) is 6.62. The first-order valence-electron chi connectivity index (χ1n) is 11.1. The van der Waals surface area contributed by atoms with E-state index in [1.165, 1.54) is 44.9 Å². The molecule has 0 amide bonds. The summed E-state index contributed by atoms with van der Waals surface area (Å²) < 4.78 is 0. The molecule has 2 saturated carbocycles. The van der Waals surface area contributed by atoms with Crippen LogP contribution in [0.5, 0.6) is 0 Å². The van der Waals surface area contributed by atoms with Crippen molar-refractivity contribution in [2.24, 2.45) is 0 Å². The Kier molecular flexibility index (Phi) is 5.06. The zero-order valence-corrected chi connectivity index (χ0v) is 17.2. The maximum Gasteiger partial charge on any atom is 0.335 e. The smallest absolute Gasteiger partial charge is 0.335 e. The SMILES string of the molecule is O=C(O)c1cc(-c2ccnc(NC3CCCCC3)c2)nc(N2CCNC3(CC3)C2)c1. The Morgan fingerprint density at radius 3 is 2.80 bits per heavy atom. The van der Waals surface area contributed by atoms with Gasteiger partial charge in [-0.3, -0.25) is 0 Å². The molecule has 1 aliphatic heterocycles. The normalized spacial score (nSPS) is 20.9. The lowest BCUT2D eigenvalue weighted by Crippen LogP contribution is -2.52. The number of anilines is 2. The molecule has 0 atom stereocenters. The summed E-state index contributed by atoms with van der Waals surface area (Å²) in [6.07, 6.45) is 10.3. The molecule has 0 aromatic carbocycles. The van der Waals surface area contributed by atoms with Crippen molar-refractivity contribution in [3.63, 3.8) is 0 Å². The molecule has 7 nitrogen and oxygen atoms in total. The summed E-state index contributed by atoms with van der Waals surface area (Å²) in [5, 5.41) is 16.8. The summed E-state index contributed by atoms with van der Waals surface area (Å²) in [5.74, 6) is 0.657. The van der Waals surface area contributed by atoms with Crippen molar-refractivity contribution in [3.05, 3.63) is 36.0 Å². The number of carbonyl (C=O) groups is 1. The number of rotatable bonds is 5. The molecule has 0 radical (unpaired) electrons. The molecule has 30 heavy (non-hydrogen) atoms. The number of aromatic nitrogens is 2. The van der Waals surface area contributed by atoms with Crippen molar-refractivity contribution >= 4 is 17.6 Å². The topological polar surface area (TPSA) is 90.4 Å². The first-order chi connectivity index (χ1) is 14.6. The molecule has 2 aromatic heterocycles. The molecular weight excluding hydrogens is 378 g/mol. The Hall–Kier alpha value is -2.67. The second kappa shape index (κ2) is 7.87. The van der Waals surface area contributed by atoms with Gasteiger partial charge in [0.25, 0.3) is 0 Å². The molecule has 0 unspecified atom stereocenters. The lowest BCUT2D eigenvalue weighted by molar-refractivity contribution is 0.0697. The van der Waals surface area contributed by atoms with Crippen LogP contribution >= 0.6 is 0 Å². The molecule has 0 bridgehead atoms. The Morgan fingerprint density at radius 2 is 2.03 bits per heavy atom. The fraction of sp³-hybridized carbons (Fsp3) is 0.522. The van der Waals surface area contributed by atoms with Gasteiger partial charge >= 0.3 is 5.97 Å². The molecule has 158 valence electrons. The Labute approximate surface area is 176 Å². The summed E-state index contributed by atoms with van der Waals surface area (Å²) in [4.78, 5) is 23.4. The third-order valence-corrected chi connectivity index (χ3v) is 6.62. The van der Waals surface area contributed by atoms with Gasteiger partial charge in [0.15, 0.2) is 0 Å².